The quantitative estimate of drug-likeness (QED) is 0.272. The number of amides is 1. The lowest BCUT2D eigenvalue weighted by Crippen LogP contribution is -2.61. The van der Waals surface area contributed by atoms with E-state index in [9.17, 15) is 13.2 Å². The number of rotatable bonds is 10. The van der Waals surface area contributed by atoms with Crippen molar-refractivity contribution >= 4 is 44.8 Å². The Morgan fingerprint density at radius 2 is 1.54 bits per heavy atom. The molecule has 1 aliphatic heterocycles. The molecule has 0 atom stereocenters. The van der Waals surface area contributed by atoms with Crippen LogP contribution < -0.4 is 9.62 Å². The lowest BCUT2D eigenvalue weighted by atomic mass is 9.93. The predicted molar refractivity (Wildman–Crippen MR) is 162 cm³/mol. The smallest absolute Gasteiger partial charge is 0.251 e. The largest absolute Gasteiger partial charge is 0.352 e. The monoisotopic (exact) mass is 609 g/mol. The molecule has 1 saturated heterocycles. The van der Waals surface area contributed by atoms with Crippen LogP contribution in [0.25, 0.3) is 0 Å². The maximum Gasteiger partial charge on any atom is 0.251 e. The molecule has 1 aliphatic rings. The van der Waals surface area contributed by atoms with Gasteiger partial charge in [0.25, 0.3) is 5.91 Å². The number of carbonyl (C=O) groups is 1. The first-order chi connectivity index (χ1) is 19.7. The van der Waals surface area contributed by atoms with Crippen molar-refractivity contribution in [3.05, 3.63) is 124 Å². The lowest BCUT2D eigenvalue weighted by molar-refractivity contribution is 0.0953. The Morgan fingerprint density at radius 3 is 2.10 bits per heavy atom. The van der Waals surface area contributed by atoms with E-state index in [2.05, 4.69) is 20.2 Å². The number of nitrogens with zero attached hydrogens (tertiary/aromatic N) is 4. The fraction of sp³-hybridized carbons (Fsp3) is 0.233. The topological polar surface area (TPSA) is 95.5 Å². The highest BCUT2D eigenvalue weighted by Crippen LogP contribution is 2.36. The molecular weight excluding hydrogens is 581 g/mol. The van der Waals surface area contributed by atoms with Crippen LogP contribution in [0.2, 0.25) is 10.0 Å². The fourth-order valence-electron chi connectivity index (χ4n) is 5.06. The minimum Gasteiger partial charge on any atom is -0.352 e. The highest BCUT2D eigenvalue weighted by Gasteiger charge is 2.40. The van der Waals surface area contributed by atoms with Crippen molar-refractivity contribution in [1.29, 1.82) is 0 Å². The number of hydrogen-bond donors (Lipinski definition) is 1. The van der Waals surface area contributed by atoms with Crippen molar-refractivity contribution in [2.24, 2.45) is 0 Å². The zero-order valence-electron chi connectivity index (χ0n) is 22.3. The van der Waals surface area contributed by atoms with Gasteiger partial charge in [0.1, 0.15) is 5.82 Å². The standard InChI is InChI=1S/C30H29Cl2N5O3S/c1-41(39,40)37(26-5-2-4-23(18-26)30(38)35-17-14-28-33-15-3-16-34-28)27-19-36(20-27)29(21-6-10-24(31)11-7-21)22-8-12-25(32)13-9-22/h2-13,15-16,18,27,29H,14,17,19-20H2,1H3,(H,35,38). The molecule has 0 bridgehead atoms. The number of hydrogen-bond acceptors (Lipinski definition) is 6. The number of aromatic nitrogens is 2. The molecule has 3 aromatic carbocycles. The van der Waals surface area contributed by atoms with Gasteiger partial charge < -0.3 is 5.32 Å². The minimum absolute atomic E-state index is 0.104. The van der Waals surface area contributed by atoms with E-state index in [1.165, 1.54) is 10.6 Å². The van der Waals surface area contributed by atoms with E-state index < -0.39 is 10.0 Å². The van der Waals surface area contributed by atoms with E-state index in [0.717, 1.165) is 11.1 Å². The van der Waals surface area contributed by atoms with Gasteiger partial charge in [-0.3, -0.25) is 14.0 Å². The van der Waals surface area contributed by atoms with Crippen LogP contribution in [0.1, 0.15) is 33.4 Å². The molecule has 0 radical (unpaired) electrons. The SMILES string of the molecule is CS(=O)(=O)N(c1cccc(C(=O)NCCc2ncccn2)c1)C1CN(C(c2ccc(Cl)cc2)c2ccc(Cl)cc2)C1. The summed E-state index contributed by atoms with van der Waals surface area (Å²) in [7, 11) is -3.64. The number of nitrogens with one attached hydrogen (secondary N) is 1. The van der Waals surface area contributed by atoms with Crippen LogP contribution in [-0.2, 0) is 16.4 Å². The molecule has 1 fully saturated rings. The van der Waals surface area contributed by atoms with Gasteiger partial charge in [0.2, 0.25) is 10.0 Å². The first-order valence-corrected chi connectivity index (χ1v) is 15.7. The van der Waals surface area contributed by atoms with E-state index in [1.54, 1.807) is 42.7 Å². The molecule has 1 aromatic heterocycles. The number of benzene rings is 3. The maximum atomic E-state index is 13.0. The first-order valence-electron chi connectivity index (χ1n) is 13.1. The summed E-state index contributed by atoms with van der Waals surface area (Å²) in [6.45, 7) is 1.35. The van der Waals surface area contributed by atoms with Gasteiger partial charge in [-0.2, -0.15) is 0 Å². The summed E-state index contributed by atoms with van der Waals surface area (Å²) in [5, 5.41) is 4.15. The summed E-state index contributed by atoms with van der Waals surface area (Å²) in [6, 6.07) is 23.4. The zero-order chi connectivity index (χ0) is 29.0. The number of carbonyl (C=O) groups excluding carboxylic acids is 1. The number of anilines is 1. The van der Waals surface area contributed by atoms with Gasteiger partial charge in [-0.15, -0.1) is 0 Å². The Hall–Kier alpha value is -3.50. The summed E-state index contributed by atoms with van der Waals surface area (Å²) >= 11 is 12.3. The number of halogens is 2. The van der Waals surface area contributed by atoms with Crippen molar-refractivity contribution in [3.63, 3.8) is 0 Å². The molecule has 2 heterocycles. The molecule has 1 amide bonds. The van der Waals surface area contributed by atoms with Crippen LogP contribution in [-0.4, -0.2) is 61.1 Å². The summed E-state index contributed by atoms with van der Waals surface area (Å²) in [5.41, 5.74) is 2.91. The number of sulfonamides is 1. The molecule has 0 aliphatic carbocycles. The third kappa shape index (κ3) is 7.05. The Labute approximate surface area is 250 Å². The summed E-state index contributed by atoms with van der Waals surface area (Å²) in [6.07, 6.45) is 4.99. The fourth-order valence-corrected chi connectivity index (χ4v) is 6.48. The van der Waals surface area contributed by atoms with E-state index >= 15 is 0 Å². The van der Waals surface area contributed by atoms with Crippen LogP contribution in [0.5, 0.6) is 0 Å². The van der Waals surface area contributed by atoms with Gasteiger partial charge in [-0.1, -0.05) is 53.5 Å². The molecule has 0 spiro atoms. The highest BCUT2D eigenvalue weighted by atomic mass is 35.5. The Balaban J connectivity index is 1.33. The number of likely N-dealkylation sites (tertiary alicyclic amines) is 1. The summed E-state index contributed by atoms with van der Waals surface area (Å²) in [4.78, 5) is 23.4. The summed E-state index contributed by atoms with van der Waals surface area (Å²) < 4.78 is 27.5. The van der Waals surface area contributed by atoms with E-state index in [0.29, 0.717) is 53.2 Å². The summed E-state index contributed by atoms with van der Waals surface area (Å²) in [5.74, 6) is 0.340. The van der Waals surface area contributed by atoms with Crippen LogP contribution in [0.4, 0.5) is 5.69 Å². The second-order valence-corrected chi connectivity index (χ2v) is 12.6. The average Bonchev–Trinajstić information content (AvgIpc) is 2.93. The van der Waals surface area contributed by atoms with E-state index in [-0.39, 0.29) is 18.0 Å². The third-order valence-corrected chi connectivity index (χ3v) is 8.66. The van der Waals surface area contributed by atoms with Gasteiger partial charge in [0.05, 0.1) is 24.0 Å². The molecule has 212 valence electrons. The molecule has 0 unspecified atom stereocenters. The van der Waals surface area contributed by atoms with Crippen molar-refractivity contribution in [2.75, 3.05) is 30.2 Å². The van der Waals surface area contributed by atoms with Crippen molar-refractivity contribution in [2.45, 2.75) is 18.5 Å². The minimum atomic E-state index is -3.64. The Kier molecular flexibility index (Phi) is 8.89. The molecule has 11 heteroatoms. The van der Waals surface area contributed by atoms with E-state index in [1.807, 2.05) is 48.5 Å². The normalized spacial score (nSPS) is 14.0. The predicted octanol–water partition coefficient (Wildman–Crippen LogP) is 5.00. The molecule has 0 saturated carbocycles. The van der Waals surface area contributed by atoms with Crippen molar-refractivity contribution < 1.29 is 13.2 Å². The molecular formula is C30H29Cl2N5O3S. The molecule has 41 heavy (non-hydrogen) atoms. The molecule has 5 rings (SSSR count). The highest BCUT2D eigenvalue weighted by molar-refractivity contribution is 7.92. The van der Waals surface area contributed by atoms with Crippen molar-refractivity contribution in [3.8, 4) is 0 Å². The maximum absolute atomic E-state index is 13.0. The third-order valence-electron chi connectivity index (χ3n) is 6.93. The van der Waals surface area contributed by atoms with Crippen LogP contribution >= 0.6 is 23.2 Å². The molecule has 1 N–H and O–H groups in total. The van der Waals surface area contributed by atoms with Crippen LogP contribution in [0.15, 0.2) is 91.3 Å². The average molecular weight is 611 g/mol. The Bertz CT molecular complexity index is 1550. The second kappa shape index (κ2) is 12.6. The van der Waals surface area contributed by atoms with Crippen LogP contribution in [0.3, 0.4) is 0 Å². The van der Waals surface area contributed by atoms with Gasteiger partial charge in [-0.25, -0.2) is 18.4 Å². The van der Waals surface area contributed by atoms with Gasteiger partial charge in [-0.05, 0) is 59.7 Å². The van der Waals surface area contributed by atoms with Crippen LogP contribution in [0, 0.1) is 0 Å². The van der Waals surface area contributed by atoms with Gasteiger partial charge in [0.15, 0.2) is 0 Å². The zero-order valence-corrected chi connectivity index (χ0v) is 24.6. The molecule has 8 nitrogen and oxygen atoms in total. The lowest BCUT2D eigenvalue weighted by Gasteiger charge is -2.48. The first kappa shape index (κ1) is 29.0. The molecule has 4 aromatic rings. The Morgan fingerprint density at radius 1 is 0.951 bits per heavy atom. The van der Waals surface area contributed by atoms with Gasteiger partial charge >= 0.3 is 0 Å². The second-order valence-electron chi connectivity index (χ2n) is 9.89. The van der Waals surface area contributed by atoms with E-state index in [4.69, 9.17) is 23.2 Å². The van der Waals surface area contributed by atoms with Gasteiger partial charge in [0, 0.05) is 54.1 Å². The van der Waals surface area contributed by atoms with Crippen molar-refractivity contribution in [1.82, 2.24) is 20.2 Å².